The molecule has 3 aromatic rings. The Bertz CT molecular complexity index is 1170. The predicted octanol–water partition coefficient (Wildman–Crippen LogP) is 3.66. The fraction of sp³-hybridized carbons (Fsp3) is 0.292. The summed E-state index contributed by atoms with van der Waals surface area (Å²) >= 11 is 1.65. The Balaban J connectivity index is 1.66. The molecule has 0 saturated carbocycles. The van der Waals surface area contributed by atoms with Gasteiger partial charge in [0, 0.05) is 18.0 Å². The number of benzene rings is 2. The van der Waals surface area contributed by atoms with Gasteiger partial charge in [-0.1, -0.05) is 36.4 Å². The molecule has 33 heavy (non-hydrogen) atoms. The van der Waals surface area contributed by atoms with Crippen LogP contribution in [0.2, 0.25) is 0 Å². The number of likely N-dealkylation sites (tertiary alicyclic amines) is 1. The van der Waals surface area contributed by atoms with Gasteiger partial charge in [0.2, 0.25) is 0 Å². The van der Waals surface area contributed by atoms with Crippen molar-refractivity contribution in [3.05, 3.63) is 82.6 Å². The third-order valence-corrected chi connectivity index (χ3v) is 9.74. The quantitative estimate of drug-likeness (QED) is 0.391. The predicted molar refractivity (Wildman–Crippen MR) is 126 cm³/mol. The van der Waals surface area contributed by atoms with E-state index in [1.807, 2.05) is 29.6 Å². The molecular formula is C24H26N2O5S2. The van der Waals surface area contributed by atoms with Crippen molar-refractivity contribution in [1.29, 1.82) is 0 Å². The Labute approximate surface area is 197 Å². The van der Waals surface area contributed by atoms with Crippen molar-refractivity contribution in [2.75, 3.05) is 20.2 Å². The van der Waals surface area contributed by atoms with Crippen LogP contribution in [0, 0.1) is 0 Å². The van der Waals surface area contributed by atoms with E-state index in [9.17, 15) is 18.4 Å². The molecule has 2 heterocycles. The fourth-order valence-corrected chi connectivity index (χ4v) is 7.32. The summed E-state index contributed by atoms with van der Waals surface area (Å²) in [6, 6.07) is 20.0. The van der Waals surface area contributed by atoms with Crippen LogP contribution < -0.4 is 10.2 Å². The summed E-state index contributed by atoms with van der Waals surface area (Å²) in [6.45, 7) is 0.751. The largest absolute Gasteiger partial charge is 0.497 e. The van der Waals surface area contributed by atoms with Crippen molar-refractivity contribution in [1.82, 2.24) is 10.4 Å². The molecule has 0 radical (unpaired) electrons. The lowest BCUT2D eigenvalue weighted by atomic mass is 9.92. The number of methoxy groups -OCH3 is 1. The number of hydrogen-bond acceptors (Lipinski definition) is 7. The molecule has 7 nitrogen and oxygen atoms in total. The van der Waals surface area contributed by atoms with Crippen LogP contribution in [0.25, 0.3) is 0 Å². The molecule has 174 valence electrons. The van der Waals surface area contributed by atoms with E-state index in [4.69, 9.17) is 4.74 Å². The Kier molecular flexibility index (Phi) is 6.85. The smallest absolute Gasteiger partial charge is 0.265 e. The standard InChI is InChI=1S/C24H26N2O5S2/c1-31-19-9-11-20(12-10-19)33(29,30)24(23(27)25-28)13-15-26(16-14-24)22(21-8-5-17-32-21)18-6-3-2-4-7-18/h2-12,17,22,28H,13-16H2,1H3,(H,25,27). The van der Waals surface area contributed by atoms with Gasteiger partial charge in [0.25, 0.3) is 5.91 Å². The number of amides is 1. The molecule has 1 aromatic heterocycles. The maximum atomic E-state index is 13.7. The lowest BCUT2D eigenvalue weighted by Gasteiger charge is -2.42. The number of hydroxylamine groups is 1. The molecule has 0 aliphatic carbocycles. The number of hydrogen-bond donors (Lipinski definition) is 2. The van der Waals surface area contributed by atoms with Gasteiger partial charge in [0.05, 0.1) is 18.0 Å². The summed E-state index contributed by atoms with van der Waals surface area (Å²) in [6.07, 6.45) is 0.116. The highest BCUT2D eigenvalue weighted by molar-refractivity contribution is 7.93. The van der Waals surface area contributed by atoms with Gasteiger partial charge in [-0.2, -0.15) is 0 Å². The topological polar surface area (TPSA) is 95.9 Å². The molecule has 9 heteroatoms. The maximum Gasteiger partial charge on any atom is 0.265 e. The molecule has 0 spiro atoms. The van der Waals surface area contributed by atoms with Crippen molar-refractivity contribution in [3.8, 4) is 5.75 Å². The molecule has 1 saturated heterocycles. The molecular weight excluding hydrogens is 460 g/mol. The number of thiophene rings is 1. The molecule has 1 unspecified atom stereocenters. The zero-order chi connectivity index (χ0) is 23.5. The number of carbonyl (C=O) groups excluding carboxylic acids is 1. The van der Waals surface area contributed by atoms with Crippen LogP contribution in [0.15, 0.2) is 77.0 Å². The zero-order valence-electron chi connectivity index (χ0n) is 18.2. The molecule has 1 aliphatic rings. The first kappa shape index (κ1) is 23.4. The molecule has 2 aromatic carbocycles. The van der Waals surface area contributed by atoms with E-state index in [1.54, 1.807) is 28.9 Å². The SMILES string of the molecule is COc1ccc(S(=O)(=O)C2(C(=O)NO)CCN(C(c3ccccc3)c3cccs3)CC2)cc1. The van der Waals surface area contributed by atoms with Gasteiger partial charge >= 0.3 is 0 Å². The molecule has 1 amide bonds. The highest BCUT2D eigenvalue weighted by Crippen LogP contribution is 2.40. The van der Waals surface area contributed by atoms with E-state index in [-0.39, 0.29) is 23.8 Å². The summed E-state index contributed by atoms with van der Waals surface area (Å²) in [5.41, 5.74) is 2.73. The van der Waals surface area contributed by atoms with Crippen LogP contribution in [-0.2, 0) is 14.6 Å². The Morgan fingerprint density at radius 3 is 2.27 bits per heavy atom. The van der Waals surface area contributed by atoms with Crippen LogP contribution in [0.3, 0.4) is 0 Å². The summed E-state index contributed by atoms with van der Waals surface area (Å²) in [5, 5.41) is 11.5. The number of nitrogens with zero attached hydrogens (tertiary/aromatic N) is 1. The Hall–Kier alpha value is -2.72. The highest BCUT2D eigenvalue weighted by atomic mass is 32.2. The maximum absolute atomic E-state index is 13.7. The van der Waals surface area contributed by atoms with E-state index in [0.717, 1.165) is 10.4 Å². The summed E-state index contributed by atoms with van der Waals surface area (Å²) in [7, 11) is -2.58. The highest BCUT2D eigenvalue weighted by Gasteiger charge is 2.53. The molecule has 2 N–H and O–H groups in total. The summed E-state index contributed by atoms with van der Waals surface area (Å²) in [5.74, 6) is -0.378. The average molecular weight is 487 g/mol. The van der Waals surface area contributed by atoms with Crippen molar-refractivity contribution in [3.63, 3.8) is 0 Å². The molecule has 1 fully saturated rings. The molecule has 0 bridgehead atoms. The number of ether oxygens (including phenoxy) is 1. The fourth-order valence-electron chi connectivity index (χ4n) is 4.48. The van der Waals surface area contributed by atoms with E-state index >= 15 is 0 Å². The van der Waals surface area contributed by atoms with Crippen molar-refractivity contribution in [2.45, 2.75) is 28.5 Å². The number of rotatable bonds is 7. The number of nitrogens with one attached hydrogen (secondary N) is 1. The van der Waals surface area contributed by atoms with Gasteiger partial charge < -0.3 is 4.74 Å². The summed E-state index contributed by atoms with van der Waals surface area (Å²) < 4.78 is 30.7. The van der Waals surface area contributed by atoms with E-state index in [2.05, 4.69) is 23.1 Å². The van der Waals surface area contributed by atoms with Gasteiger partial charge in [-0.25, -0.2) is 13.9 Å². The average Bonchev–Trinajstić information content (AvgIpc) is 3.39. The summed E-state index contributed by atoms with van der Waals surface area (Å²) in [4.78, 5) is 16.2. The van der Waals surface area contributed by atoms with Crippen molar-refractivity contribution < 1.29 is 23.2 Å². The zero-order valence-corrected chi connectivity index (χ0v) is 19.8. The second-order valence-electron chi connectivity index (χ2n) is 7.98. The normalized spacial score (nSPS) is 17.3. The second-order valence-corrected chi connectivity index (χ2v) is 11.2. The van der Waals surface area contributed by atoms with E-state index in [0.29, 0.717) is 18.8 Å². The number of sulfone groups is 1. The number of carbonyl (C=O) groups is 1. The molecule has 4 rings (SSSR count). The Morgan fingerprint density at radius 1 is 1.06 bits per heavy atom. The van der Waals surface area contributed by atoms with Crippen LogP contribution in [0.5, 0.6) is 5.75 Å². The minimum Gasteiger partial charge on any atom is -0.497 e. The number of piperidine rings is 1. The van der Waals surface area contributed by atoms with Gasteiger partial charge in [-0.3, -0.25) is 14.9 Å². The van der Waals surface area contributed by atoms with Crippen LogP contribution in [0.4, 0.5) is 0 Å². The van der Waals surface area contributed by atoms with E-state index in [1.165, 1.54) is 19.2 Å². The van der Waals surface area contributed by atoms with Gasteiger partial charge in [0.1, 0.15) is 5.75 Å². The molecule has 1 aliphatic heterocycles. The van der Waals surface area contributed by atoms with Crippen molar-refractivity contribution >= 4 is 27.1 Å². The van der Waals surface area contributed by atoms with E-state index < -0.39 is 20.5 Å². The Morgan fingerprint density at radius 2 is 1.73 bits per heavy atom. The first-order valence-electron chi connectivity index (χ1n) is 10.6. The lowest BCUT2D eigenvalue weighted by Crippen LogP contribution is -2.58. The molecule has 1 atom stereocenters. The van der Waals surface area contributed by atoms with Crippen LogP contribution in [-0.4, -0.2) is 49.4 Å². The van der Waals surface area contributed by atoms with Gasteiger partial charge in [-0.05, 0) is 54.1 Å². The van der Waals surface area contributed by atoms with Crippen LogP contribution in [0.1, 0.15) is 29.3 Å². The minimum atomic E-state index is -4.08. The van der Waals surface area contributed by atoms with Gasteiger partial charge in [-0.15, -0.1) is 11.3 Å². The van der Waals surface area contributed by atoms with Crippen molar-refractivity contribution in [2.24, 2.45) is 0 Å². The monoisotopic (exact) mass is 486 g/mol. The first-order chi connectivity index (χ1) is 15.9. The second kappa shape index (κ2) is 9.64. The first-order valence-corrected chi connectivity index (χ1v) is 12.9. The third-order valence-electron chi connectivity index (χ3n) is 6.30. The lowest BCUT2D eigenvalue weighted by molar-refractivity contribution is -0.133. The third kappa shape index (κ3) is 4.29. The van der Waals surface area contributed by atoms with Crippen LogP contribution >= 0.6 is 11.3 Å². The minimum absolute atomic E-state index is 0.0261. The van der Waals surface area contributed by atoms with Gasteiger partial charge in [0.15, 0.2) is 14.6 Å².